The number of rotatable bonds is 5. The van der Waals surface area contributed by atoms with Crippen molar-refractivity contribution >= 4 is 5.97 Å². The van der Waals surface area contributed by atoms with Gasteiger partial charge in [-0.05, 0) is 13.8 Å². The highest BCUT2D eigenvalue weighted by Crippen LogP contribution is 2.38. The molecule has 0 bridgehead atoms. The Labute approximate surface area is 77.8 Å². The molecule has 0 unspecified atom stereocenters. The fraction of sp³-hybridized carbons (Fsp3) is 0.889. The minimum Gasteiger partial charge on any atom is -0.479 e. The van der Waals surface area contributed by atoms with Crippen molar-refractivity contribution in [2.24, 2.45) is 0 Å². The fourth-order valence-corrected chi connectivity index (χ4v) is 1.66. The van der Waals surface area contributed by atoms with Gasteiger partial charge in [-0.25, -0.2) is 4.79 Å². The average Bonchev–Trinajstić information content (AvgIpc) is 2.00. The molecule has 4 nitrogen and oxygen atoms in total. The molecule has 4 heteroatoms. The zero-order valence-corrected chi connectivity index (χ0v) is 8.08. The summed E-state index contributed by atoms with van der Waals surface area (Å²) in [7, 11) is 0. The molecule has 1 aliphatic carbocycles. The molecule has 0 heterocycles. The van der Waals surface area contributed by atoms with E-state index in [0.29, 0.717) is 26.1 Å². The van der Waals surface area contributed by atoms with Crippen LogP contribution in [0, 0.1) is 0 Å². The second kappa shape index (κ2) is 4.07. The summed E-state index contributed by atoms with van der Waals surface area (Å²) in [6, 6.07) is 0. The van der Waals surface area contributed by atoms with Crippen LogP contribution < -0.4 is 0 Å². The Balaban J connectivity index is 2.43. The van der Waals surface area contributed by atoms with Gasteiger partial charge in [0.25, 0.3) is 0 Å². The number of hydrogen-bond donors (Lipinski definition) is 1. The van der Waals surface area contributed by atoms with Crippen molar-refractivity contribution in [3.8, 4) is 0 Å². The van der Waals surface area contributed by atoms with Crippen LogP contribution in [0.2, 0.25) is 0 Å². The predicted molar refractivity (Wildman–Crippen MR) is 46.6 cm³/mol. The first-order valence-electron chi connectivity index (χ1n) is 4.63. The van der Waals surface area contributed by atoms with Gasteiger partial charge in [0.15, 0.2) is 5.60 Å². The number of carboxylic acid groups (broad SMARTS) is 1. The van der Waals surface area contributed by atoms with E-state index in [-0.39, 0.29) is 6.10 Å². The predicted octanol–water partition coefficient (Wildman–Crippen LogP) is 1.05. The number of hydrogen-bond acceptors (Lipinski definition) is 3. The van der Waals surface area contributed by atoms with Crippen LogP contribution in [-0.2, 0) is 14.3 Å². The summed E-state index contributed by atoms with van der Waals surface area (Å²) in [4.78, 5) is 10.9. The van der Waals surface area contributed by atoms with Crippen LogP contribution in [0.5, 0.6) is 0 Å². The highest BCUT2D eigenvalue weighted by molar-refractivity contribution is 5.79. The second-order valence-corrected chi connectivity index (χ2v) is 3.22. The molecule has 0 saturated heterocycles. The summed E-state index contributed by atoms with van der Waals surface area (Å²) < 4.78 is 10.5. The van der Waals surface area contributed by atoms with E-state index in [2.05, 4.69) is 0 Å². The van der Waals surface area contributed by atoms with Crippen molar-refractivity contribution in [3.63, 3.8) is 0 Å². The van der Waals surface area contributed by atoms with Crippen LogP contribution in [0.25, 0.3) is 0 Å². The van der Waals surface area contributed by atoms with Crippen molar-refractivity contribution in [1.82, 2.24) is 0 Å². The number of ether oxygens (including phenoxy) is 2. The van der Waals surface area contributed by atoms with Gasteiger partial charge in [-0.15, -0.1) is 0 Å². The molecule has 0 aromatic heterocycles. The Bertz CT molecular complexity index is 184. The molecule has 1 fully saturated rings. The topological polar surface area (TPSA) is 55.8 Å². The van der Waals surface area contributed by atoms with Crippen molar-refractivity contribution in [2.45, 2.75) is 38.4 Å². The summed E-state index contributed by atoms with van der Waals surface area (Å²) in [6.45, 7) is 4.78. The minimum absolute atomic E-state index is 0.0626. The van der Waals surface area contributed by atoms with Gasteiger partial charge in [0.05, 0.1) is 6.10 Å². The van der Waals surface area contributed by atoms with Gasteiger partial charge in [0, 0.05) is 26.1 Å². The zero-order valence-electron chi connectivity index (χ0n) is 8.08. The molecule has 0 aromatic rings. The normalized spacial score (nSPS) is 32.6. The lowest BCUT2D eigenvalue weighted by Gasteiger charge is -2.43. The van der Waals surface area contributed by atoms with E-state index >= 15 is 0 Å². The average molecular weight is 188 g/mol. The second-order valence-electron chi connectivity index (χ2n) is 3.22. The molecule has 1 saturated carbocycles. The van der Waals surface area contributed by atoms with Crippen molar-refractivity contribution in [2.75, 3.05) is 13.2 Å². The molecule has 0 atom stereocenters. The van der Waals surface area contributed by atoms with Gasteiger partial charge < -0.3 is 14.6 Å². The van der Waals surface area contributed by atoms with Crippen LogP contribution in [0.15, 0.2) is 0 Å². The van der Waals surface area contributed by atoms with E-state index in [1.54, 1.807) is 6.92 Å². The Hall–Kier alpha value is -0.610. The highest BCUT2D eigenvalue weighted by Gasteiger charge is 2.52. The Morgan fingerprint density at radius 3 is 2.46 bits per heavy atom. The van der Waals surface area contributed by atoms with Gasteiger partial charge in [0.2, 0.25) is 0 Å². The molecule has 13 heavy (non-hydrogen) atoms. The maximum atomic E-state index is 10.9. The van der Waals surface area contributed by atoms with Crippen LogP contribution in [-0.4, -0.2) is 36.0 Å². The monoisotopic (exact) mass is 188 g/mol. The molecule has 1 aliphatic rings. The quantitative estimate of drug-likeness (QED) is 0.700. The van der Waals surface area contributed by atoms with E-state index in [1.165, 1.54) is 0 Å². The van der Waals surface area contributed by atoms with Crippen LogP contribution in [0.1, 0.15) is 26.7 Å². The summed E-state index contributed by atoms with van der Waals surface area (Å²) in [5.41, 5.74) is -0.964. The summed E-state index contributed by atoms with van der Waals surface area (Å²) >= 11 is 0. The van der Waals surface area contributed by atoms with Gasteiger partial charge in [-0.1, -0.05) is 0 Å². The summed E-state index contributed by atoms with van der Waals surface area (Å²) in [6.07, 6.45) is 1.02. The lowest BCUT2D eigenvalue weighted by Crippen LogP contribution is -2.56. The minimum atomic E-state index is -0.964. The first kappa shape index (κ1) is 10.5. The van der Waals surface area contributed by atoms with Crippen molar-refractivity contribution in [3.05, 3.63) is 0 Å². The number of aliphatic carboxylic acids is 1. The fourth-order valence-electron chi connectivity index (χ4n) is 1.66. The van der Waals surface area contributed by atoms with Gasteiger partial charge in [-0.3, -0.25) is 0 Å². The lowest BCUT2D eigenvalue weighted by molar-refractivity contribution is -0.200. The molecule has 0 spiro atoms. The van der Waals surface area contributed by atoms with Gasteiger partial charge in [0.1, 0.15) is 0 Å². The van der Waals surface area contributed by atoms with E-state index in [0.717, 1.165) is 0 Å². The van der Waals surface area contributed by atoms with Gasteiger partial charge in [-0.2, -0.15) is 0 Å². The molecule has 76 valence electrons. The number of carboxylic acids is 1. The lowest BCUT2D eigenvalue weighted by atomic mass is 9.77. The third-order valence-corrected chi connectivity index (χ3v) is 2.33. The van der Waals surface area contributed by atoms with E-state index in [1.807, 2.05) is 6.92 Å². The van der Waals surface area contributed by atoms with Crippen LogP contribution >= 0.6 is 0 Å². The highest BCUT2D eigenvalue weighted by atomic mass is 16.5. The van der Waals surface area contributed by atoms with E-state index in [9.17, 15) is 4.79 Å². The molecule has 0 aromatic carbocycles. The molecular weight excluding hydrogens is 172 g/mol. The zero-order chi connectivity index (χ0) is 9.90. The third kappa shape index (κ3) is 2.00. The first-order chi connectivity index (χ1) is 6.14. The Kier molecular flexibility index (Phi) is 3.27. The van der Waals surface area contributed by atoms with E-state index in [4.69, 9.17) is 14.6 Å². The summed E-state index contributed by atoms with van der Waals surface area (Å²) in [5, 5.41) is 8.92. The molecule has 1 N–H and O–H groups in total. The van der Waals surface area contributed by atoms with Gasteiger partial charge >= 0.3 is 5.97 Å². The standard InChI is InChI=1S/C9H16O4/c1-3-12-7-5-9(6-7,8(10)11)13-4-2/h7H,3-6H2,1-2H3,(H,10,11). The molecule has 0 amide bonds. The largest absolute Gasteiger partial charge is 0.479 e. The van der Waals surface area contributed by atoms with Crippen molar-refractivity contribution in [1.29, 1.82) is 0 Å². The summed E-state index contributed by atoms with van der Waals surface area (Å²) in [5.74, 6) is -0.870. The third-order valence-electron chi connectivity index (χ3n) is 2.33. The maximum Gasteiger partial charge on any atom is 0.336 e. The van der Waals surface area contributed by atoms with E-state index < -0.39 is 11.6 Å². The van der Waals surface area contributed by atoms with Crippen molar-refractivity contribution < 1.29 is 19.4 Å². The molecule has 0 aliphatic heterocycles. The Morgan fingerprint density at radius 1 is 1.46 bits per heavy atom. The Morgan fingerprint density at radius 2 is 2.08 bits per heavy atom. The van der Waals surface area contributed by atoms with Crippen LogP contribution in [0.4, 0.5) is 0 Å². The molecule has 0 radical (unpaired) electrons. The number of carbonyl (C=O) groups is 1. The maximum absolute atomic E-state index is 10.9. The SMILES string of the molecule is CCOC1CC(OCC)(C(=O)O)C1. The molecular formula is C9H16O4. The first-order valence-corrected chi connectivity index (χ1v) is 4.63. The smallest absolute Gasteiger partial charge is 0.336 e. The van der Waals surface area contributed by atoms with Crippen LogP contribution in [0.3, 0.4) is 0 Å². The molecule has 1 rings (SSSR count).